The molecule has 0 saturated heterocycles. The highest BCUT2D eigenvalue weighted by molar-refractivity contribution is 9.10. The molecular weight excluding hydrogens is 255 g/mol. The van der Waals surface area contributed by atoms with Crippen molar-refractivity contribution in [2.24, 2.45) is 0 Å². The van der Waals surface area contributed by atoms with Gasteiger partial charge in [0, 0.05) is 0 Å². The zero-order chi connectivity index (χ0) is 8.43. The van der Waals surface area contributed by atoms with Gasteiger partial charge in [0.2, 0.25) is 0 Å². The first kappa shape index (κ1) is 8.90. The Bertz CT molecular complexity index is 305. The molecule has 3 nitrogen and oxygen atoms in total. The van der Waals surface area contributed by atoms with Gasteiger partial charge in [-0.05, 0) is 27.5 Å². The predicted molar refractivity (Wildman–Crippen MR) is 44.9 cm³/mol. The van der Waals surface area contributed by atoms with Crippen molar-refractivity contribution < 1.29 is 4.79 Å². The van der Waals surface area contributed by atoms with E-state index in [1.54, 1.807) is 0 Å². The summed E-state index contributed by atoms with van der Waals surface area (Å²) in [5.74, 6) is 0. The Morgan fingerprint density at radius 2 is 2.27 bits per heavy atom. The molecule has 11 heavy (non-hydrogen) atoms. The van der Waals surface area contributed by atoms with Gasteiger partial charge in [0.05, 0.1) is 6.20 Å². The zero-order valence-electron chi connectivity index (χ0n) is 5.01. The van der Waals surface area contributed by atoms with Gasteiger partial charge in [-0.25, -0.2) is 9.97 Å². The molecule has 0 atom stereocenters. The zero-order valence-corrected chi connectivity index (χ0v) is 8.11. The smallest absolute Gasteiger partial charge is 0.274 e. The van der Waals surface area contributed by atoms with E-state index in [1.165, 1.54) is 6.20 Å². The largest absolute Gasteiger partial charge is 0.274 e. The summed E-state index contributed by atoms with van der Waals surface area (Å²) in [6, 6.07) is 0. The third kappa shape index (κ3) is 2.12. The topological polar surface area (TPSA) is 42.9 Å². The molecule has 0 bridgehead atoms. The van der Waals surface area contributed by atoms with E-state index in [9.17, 15) is 4.79 Å². The Labute approximate surface area is 80.9 Å². The quantitative estimate of drug-likeness (QED) is 0.723. The molecule has 0 aliphatic carbocycles. The van der Waals surface area contributed by atoms with Gasteiger partial charge in [-0.3, -0.25) is 4.79 Å². The van der Waals surface area contributed by atoms with Gasteiger partial charge in [0.15, 0.2) is 10.8 Å². The number of carbonyl (C=O) groups excluding carboxylic acids is 1. The van der Waals surface area contributed by atoms with Crippen LogP contribution in [0.4, 0.5) is 0 Å². The van der Waals surface area contributed by atoms with Crippen molar-refractivity contribution in [3.63, 3.8) is 0 Å². The number of aromatic nitrogens is 2. The Morgan fingerprint density at radius 1 is 1.64 bits per heavy atom. The fourth-order valence-corrected chi connectivity index (χ4v) is 1.11. The number of hydrogen-bond acceptors (Lipinski definition) is 3. The van der Waals surface area contributed by atoms with E-state index in [0.717, 1.165) is 0 Å². The molecular formula is C5HBrCl2N2O. The number of halogens is 3. The normalized spacial score (nSPS) is 9.73. The number of hydrogen-bond donors (Lipinski definition) is 0. The molecule has 58 valence electrons. The molecule has 1 rings (SSSR count). The summed E-state index contributed by atoms with van der Waals surface area (Å²) in [7, 11) is 0. The Morgan fingerprint density at radius 3 is 2.73 bits per heavy atom. The molecule has 0 radical (unpaired) electrons. The molecule has 0 spiro atoms. The number of rotatable bonds is 1. The molecule has 0 unspecified atom stereocenters. The van der Waals surface area contributed by atoms with Gasteiger partial charge in [-0.1, -0.05) is 11.6 Å². The predicted octanol–water partition coefficient (Wildman–Crippen LogP) is 2.27. The highest BCUT2D eigenvalue weighted by atomic mass is 79.9. The van der Waals surface area contributed by atoms with Crippen LogP contribution in [-0.2, 0) is 0 Å². The molecule has 1 heterocycles. The standard InChI is InChI=1S/C5HBrCl2N2O/c6-2-1-9-4(7)3(10-2)5(8)11/h1H. The number of nitrogens with zero attached hydrogens (tertiary/aromatic N) is 2. The van der Waals surface area contributed by atoms with Crippen LogP contribution in [0.25, 0.3) is 0 Å². The number of carbonyl (C=O) groups is 1. The lowest BCUT2D eigenvalue weighted by Gasteiger charge is -1.95. The van der Waals surface area contributed by atoms with Crippen LogP contribution in [0, 0.1) is 0 Å². The van der Waals surface area contributed by atoms with Gasteiger partial charge >= 0.3 is 0 Å². The lowest BCUT2D eigenvalue weighted by atomic mass is 10.5. The molecule has 0 N–H and O–H groups in total. The van der Waals surface area contributed by atoms with E-state index in [4.69, 9.17) is 23.2 Å². The van der Waals surface area contributed by atoms with Gasteiger partial charge in [0.1, 0.15) is 4.60 Å². The maximum absolute atomic E-state index is 10.6. The summed E-state index contributed by atoms with van der Waals surface area (Å²) in [6.07, 6.45) is 1.38. The maximum Gasteiger partial charge on any atom is 0.274 e. The van der Waals surface area contributed by atoms with Crippen molar-refractivity contribution >= 4 is 44.4 Å². The Hall–Kier alpha value is -0.190. The van der Waals surface area contributed by atoms with Crippen LogP contribution in [0.2, 0.25) is 5.15 Å². The minimum absolute atomic E-state index is 0.00759. The van der Waals surface area contributed by atoms with E-state index in [1.807, 2.05) is 0 Å². The van der Waals surface area contributed by atoms with Gasteiger partial charge in [-0.15, -0.1) is 0 Å². The summed E-state index contributed by atoms with van der Waals surface area (Å²) in [5.41, 5.74) is -0.0392. The van der Waals surface area contributed by atoms with Gasteiger partial charge in [0.25, 0.3) is 5.24 Å². The SMILES string of the molecule is O=C(Cl)c1nc(Br)cnc1Cl. The molecule has 0 aromatic carbocycles. The molecule has 1 aromatic rings. The van der Waals surface area contributed by atoms with Crippen molar-refractivity contribution in [2.45, 2.75) is 0 Å². The molecule has 0 saturated carbocycles. The average molecular weight is 256 g/mol. The van der Waals surface area contributed by atoms with E-state index in [-0.39, 0.29) is 10.8 Å². The molecule has 0 fully saturated rings. The summed E-state index contributed by atoms with van der Waals surface area (Å²) < 4.78 is 0.422. The second-order valence-corrected chi connectivity index (χ2v) is 3.12. The molecule has 0 aliphatic rings. The summed E-state index contributed by atoms with van der Waals surface area (Å²) in [5, 5.41) is -0.711. The highest BCUT2D eigenvalue weighted by Crippen LogP contribution is 2.15. The lowest BCUT2D eigenvalue weighted by molar-refractivity contribution is 0.107. The Kier molecular flexibility index (Phi) is 2.81. The third-order valence-electron chi connectivity index (χ3n) is 0.885. The summed E-state index contributed by atoms with van der Waals surface area (Å²) in [6.45, 7) is 0. The van der Waals surface area contributed by atoms with Gasteiger partial charge in [-0.2, -0.15) is 0 Å². The monoisotopic (exact) mass is 254 g/mol. The van der Waals surface area contributed by atoms with Crippen LogP contribution in [0.15, 0.2) is 10.8 Å². The fourth-order valence-electron chi connectivity index (χ4n) is 0.478. The van der Waals surface area contributed by atoms with E-state index in [2.05, 4.69) is 25.9 Å². The minimum atomic E-state index is -0.719. The van der Waals surface area contributed by atoms with Crippen LogP contribution in [0.3, 0.4) is 0 Å². The summed E-state index contributed by atoms with van der Waals surface area (Å²) in [4.78, 5) is 17.9. The Balaban J connectivity index is 3.23. The first-order valence-electron chi connectivity index (χ1n) is 2.49. The van der Waals surface area contributed by atoms with Crippen LogP contribution in [0.1, 0.15) is 10.5 Å². The van der Waals surface area contributed by atoms with Crippen LogP contribution in [-0.4, -0.2) is 15.2 Å². The van der Waals surface area contributed by atoms with Crippen molar-refractivity contribution in [2.75, 3.05) is 0 Å². The first-order chi connectivity index (χ1) is 5.11. The summed E-state index contributed by atoms with van der Waals surface area (Å²) >= 11 is 13.6. The second kappa shape index (κ2) is 3.47. The van der Waals surface area contributed by atoms with Crippen molar-refractivity contribution in [3.8, 4) is 0 Å². The molecule has 6 heteroatoms. The first-order valence-corrected chi connectivity index (χ1v) is 4.04. The fraction of sp³-hybridized carbons (Fsp3) is 0. The highest BCUT2D eigenvalue weighted by Gasteiger charge is 2.10. The third-order valence-corrected chi connectivity index (χ3v) is 1.72. The van der Waals surface area contributed by atoms with Crippen molar-refractivity contribution in [1.29, 1.82) is 0 Å². The van der Waals surface area contributed by atoms with E-state index < -0.39 is 5.24 Å². The van der Waals surface area contributed by atoms with Gasteiger partial charge < -0.3 is 0 Å². The second-order valence-electron chi connectivity index (χ2n) is 1.61. The minimum Gasteiger partial charge on any atom is -0.274 e. The molecule has 1 aromatic heterocycles. The van der Waals surface area contributed by atoms with Crippen LogP contribution >= 0.6 is 39.1 Å². The lowest BCUT2D eigenvalue weighted by Crippen LogP contribution is -1.97. The van der Waals surface area contributed by atoms with Crippen molar-refractivity contribution in [1.82, 2.24) is 9.97 Å². The average Bonchev–Trinajstić information content (AvgIpc) is 1.94. The van der Waals surface area contributed by atoms with E-state index in [0.29, 0.717) is 4.60 Å². The van der Waals surface area contributed by atoms with E-state index >= 15 is 0 Å². The van der Waals surface area contributed by atoms with Crippen LogP contribution < -0.4 is 0 Å². The molecule has 0 amide bonds. The molecule has 0 aliphatic heterocycles. The van der Waals surface area contributed by atoms with Crippen LogP contribution in [0.5, 0.6) is 0 Å². The van der Waals surface area contributed by atoms with Crippen molar-refractivity contribution in [3.05, 3.63) is 21.6 Å². The maximum atomic E-state index is 10.6.